The van der Waals surface area contributed by atoms with Gasteiger partial charge in [0, 0.05) is 6.61 Å². The molecule has 0 aromatic rings. The Morgan fingerprint density at radius 1 is 0.667 bits per heavy atom. The van der Waals surface area contributed by atoms with Crippen LogP contribution in [0.2, 0.25) is 0 Å². The van der Waals surface area contributed by atoms with Crippen molar-refractivity contribution in [3.63, 3.8) is 0 Å². The molecule has 0 fully saturated rings. The topological polar surface area (TPSA) is 80.9 Å². The largest absolute Gasteiger partial charge is 0.396 e. The second-order valence-electron chi connectivity index (χ2n) is 6.39. The van der Waals surface area contributed by atoms with Gasteiger partial charge in [0.05, 0.1) is 6.10 Å². The van der Waals surface area contributed by atoms with Gasteiger partial charge in [-0.3, -0.25) is 0 Å². The van der Waals surface area contributed by atoms with Crippen LogP contribution in [0.5, 0.6) is 0 Å². The van der Waals surface area contributed by atoms with Crippen LogP contribution in [-0.2, 0) is 0 Å². The van der Waals surface area contributed by atoms with Gasteiger partial charge in [-0.15, -0.1) is 0 Å². The fourth-order valence-electron chi connectivity index (χ4n) is 2.72. The molecular formula is C17H36O4. The van der Waals surface area contributed by atoms with E-state index in [4.69, 9.17) is 15.3 Å². The minimum atomic E-state index is -1.15. The molecule has 4 nitrogen and oxygen atoms in total. The summed E-state index contributed by atoms with van der Waals surface area (Å²) in [7, 11) is 0. The summed E-state index contributed by atoms with van der Waals surface area (Å²) < 4.78 is 0. The molecule has 4 heteroatoms. The van der Waals surface area contributed by atoms with Gasteiger partial charge in [0.1, 0.15) is 0 Å². The van der Waals surface area contributed by atoms with E-state index in [9.17, 15) is 5.11 Å². The third-order valence-corrected chi connectivity index (χ3v) is 4.03. The molecule has 0 aliphatic carbocycles. The van der Waals surface area contributed by atoms with Crippen LogP contribution in [-0.4, -0.2) is 39.4 Å². The van der Waals surface area contributed by atoms with Crippen LogP contribution in [0.25, 0.3) is 0 Å². The second-order valence-corrected chi connectivity index (χ2v) is 6.39. The van der Waals surface area contributed by atoms with Crippen molar-refractivity contribution in [1.29, 1.82) is 0 Å². The van der Waals surface area contributed by atoms with Gasteiger partial charge in [-0.05, 0) is 38.0 Å². The number of hydrogen-bond donors (Lipinski definition) is 4. The molecule has 2 atom stereocenters. The molecule has 0 amide bonds. The summed E-state index contributed by atoms with van der Waals surface area (Å²) in [5, 5.41) is 36.1. The minimum Gasteiger partial charge on any atom is -0.396 e. The molecule has 128 valence electrons. The molecule has 0 aromatic carbocycles. The van der Waals surface area contributed by atoms with Gasteiger partial charge in [0.15, 0.2) is 6.29 Å². The van der Waals surface area contributed by atoms with E-state index in [1.807, 2.05) is 0 Å². The monoisotopic (exact) mass is 304 g/mol. The van der Waals surface area contributed by atoms with Crippen LogP contribution in [0.1, 0.15) is 84.0 Å². The Morgan fingerprint density at radius 3 is 1.81 bits per heavy atom. The maximum atomic E-state index is 9.93. The van der Waals surface area contributed by atoms with Gasteiger partial charge in [0.25, 0.3) is 0 Å². The van der Waals surface area contributed by atoms with Crippen molar-refractivity contribution in [2.24, 2.45) is 5.92 Å². The number of aliphatic hydroxyl groups is 4. The van der Waals surface area contributed by atoms with Gasteiger partial charge in [-0.25, -0.2) is 0 Å². The lowest BCUT2D eigenvalue weighted by molar-refractivity contribution is -0.0466. The summed E-state index contributed by atoms with van der Waals surface area (Å²) in [6, 6.07) is 0. The maximum Gasteiger partial charge on any atom is 0.151 e. The molecular weight excluding hydrogens is 268 g/mol. The van der Waals surface area contributed by atoms with Crippen LogP contribution in [0.15, 0.2) is 0 Å². The fraction of sp³-hybridized carbons (Fsp3) is 1.00. The van der Waals surface area contributed by atoms with Gasteiger partial charge < -0.3 is 20.4 Å². The first-order chi connectivity index (χ1) is 10.1. The number of rotatable bonds is 15. The average molecular weight is 304 g/mol. The van der Waals surface area contributed by atoms with Gasteiger partial charge >= 0.3 is 0 Å². The lowest BCUT2D eigenvalue weighted by Gasteiger charge is -2.16. The van der Waals surface area contributed by atoms with Gasteiger partial charge in [-0.2, -0.15) is 0 Å². The van der Waals surface area contributed by atoms with E-state index < -0.39 is 6.29 Å². The van der Waals surface area contributed by atoms with Gasteiger partial charge in [-0.1, -0.05) is 51.9 Å². The Bertz CT molecular complexity index is 209. The quantitative estimate of drug-likeness (QED) is 0.277. The molecule has 0 saturated heterocycles. The number of hydrogen-bond acceptors (Lipinski definition) is 4. The standard InChI is InChI=1S/C17H36O4/c1-15(14-16(19)11-7-5-9-13-18)10-6-3-2-4-8-12-17(20)21/h15-21H,2-14H2,1H3. The molecule has 0 spiro atoms. The summed E-state index contributed by atoms with van der Waals surface area (Å²) >= 11 is 0. The Hall–Kier alpha value is -0.160. The molecule has 4 N–H and O–H groups in total. The van der Waals surface area contributed by atoms with E-state index in [0.29, 0.717) is 12.3 Å². The lowest BCUT2D eigenvalue weighted by atomic mass is 9.94. The van der Waals surface area contributed by atoms with Crippen LogP contribution in [0.4, 0.5) is 0 Å². The fourth-order valence-corrected chi connectivity index (χ4v) is 2.72. The van der Waals surface area contributed by atoms with Crippen molar-refractivity contribution in [3.05, 3.63) is 0 Å². The van der Waals surface area contributed by atoms with Crippen molar-refractivity contribution in [1.82, 2.24) is 0 Å². The molecule has 0 heterocycles. The average Bonchev–Trinajstić information content (AvgIpc) is 2.42. The Labute approximate surface area is 130 Å². The normalized spacial score (nSPS) is 14.6. The third-order valence-electron chi connectivity index (χ3n) is 4.03. The van der Waals surface area contributed by atoms with E-state index in [1.165, 1.54) is 12.8 Å². The van der Waals surface area contributed by atoms with Crippen molar-refractivity contribution in [2.45, 2.75) is 96.4 Å². The zero-order valence-corrected chi connectivity index (χ0v) is 13.7. The molecule has 0 aromatic heterocycles. The Morgan fingerprint density at radius 2 is 1.19 bits per heavy atom. The predicted octanol–water partition coefficient (Wildman–Crippen LogP) is 2.97. The highest BCUT2D eigenvalue weighted by Crippen LogP contribution is 2.18. The second kappa shape index (κ2) is 14.8. The van der Waals surface area contributed by atoms with E-state index in [2.05, 4.69) is 6.92 Å². The van der Waals surface area contributed by atoms with E-state index in [0.717, 1.165) is 57.8 Å². The summed E-state index contributed by atoms with van der Waals surface area (Å²) in [4.78, 5) is 0. The Balaban J connectivity index is 3.34. The van der Waals surface area contributed by atoms with Crippen molar-refractivity contribution >= 4 is 0 Å². The van der Waals surface area contributed by atoms with Crippen LogP contribution >= 0.6 is 0 Å². The predicted molar refractivity (Wildman–Crippen MR) is 85.9 cm³/mol. The summed E-state index contributed by atoms with van der Waals surface area (Å²) in [5.41, 5.74) is 0. The highest BCUT2D eigenvalue weighted by Gasteiger charge is 2.10. The van der Waals surface area contributed by atoms with Crippen molar-refractivity contribution < 1.29 is 20.4 Å². The molecule has 0 aliphatic rings. The third kappa shape index (κ3) is 16.0. The lowest BCUT2D eigenvalue weighted by Crippen LogP contribution is -2.11. The van der Waals surface area contributed by atoms with E-state index in [1.54, 1.807) is 0 Å². The molecule has 0 radical (unpaired) electrons. The molecule has 0 rings (SSSR count). The summed E-state index contributed by atoms with van der Waals surface area (Å²) in [6.45, 7) is 2.46. The SMILES string of the molecule is CC(CCCCCCCC(O)O)CC(O)CCCCCO. The van der Waals surface area contributed by atoms with Crippen LogP contribution in [0.3, 0.4) is 0 Å². The van der Waals surface area contributed by atoms with E-state index >= 15 is 0 Å². The Kier molecular flexibility index (Phi) is 14.7. The first kappa shape index (κ1) is 20.8. The van der Waals surface area contributed by atoms with Crippen LogP contribution < -0.4 is 0 Å². The minimum absolute atomic E-state index is 0.190. The van der Waals surface area contributed by atoms with Crippen molar-refractivity contribution in [3.8, 4) is 0 Å². The number of aliphatic hydroxyl groups excluding tert-OH is 3. The zero-order chi connectivity index (χ0) is 15.9. The van der Waals surface area contributed by atoms with Crippen LogP contribution in [0, 0.1) is 5.92 Å². The number of unbranched alkanes of at least 4 members (excludes halogenated alkanes) is 6. The van der Waals surface area contributed by atoms with Crippen molar-refractivity contribution in [2.75, 3.05) is 6.61 Å². The molecule has 0 bridgehead atoms. The maximum absolute atomic E-state index is 9.93. The summed E-state index contributed by atoms with van der Waals surface area (Å²) in [5.74, 6) is 0.567. The first-order valence-electron chi connectivity index (χ1n) is 8.71. The molecule has 0 aliphatic heterocycles. The first-order valence-corrected chi connectivity index (χ1v) is 8.71. The smallest absolute Gasteiger partial charge is 0.151 e. The molecule has 21 heavy (non-hydrogen) atoms. The highest BCUT2D eigenvalue weighted by molar-refractivity contribution is 4.62. The molecule has 0 saturated carbocycles. The van der Waals surface area contributed by atoms with E-state index in [-0.39, 0.29) is 12.7 Å². The zero-order valence-electron chi connectivity index (χ0n) is 13.7. The molecule has 2 unspecified atom stereocenters. The van der Waals surface area contributed by atoms with Gasteiger partial charge in [0.2, 0.25) is 0 Å². The summed E-state index contributed by atoms with van der Waals surface area (Å²) in [6.07, 6.45) is 10.4. The highest BCUT2D eigenvalue weighted by atomic mass is 16.5.